The van der Waals surface area contributed by atoms with Crippen LogP contribution >= 0.6 is 0 Å². The van der Waals surface area contributed by atoms with Gasteiger partial charge in [-0.05, 0) is 19.3 Å². The molecule has 2 rings (SSSR count). The lowest BCUT2D eigenvalue weighted by Gasteiger charge is -2.13. The number of aromatic nitrogens is 2. The van der Waals surface area contributed by atoms with Gasteiger partial charge in [-0.15, -0.1) is 0 Å². The Kier molecular flexibility index (Phi) is 4.03. The molecule has 1 saturated carbocycles. The van der Waals surface area contributed by atoms with Gasteiger partial charge in [-0.1, -0.05) is 0 Å². The van der Waals surface area contributed by atoms with Gasteiger partial charge in [0.05, 0.1) is 26.2 Å². The number of anilines is 1. The fourth-order valence-electron chi connectivity index (χ4n) is 2.20. The van der Waals surface area contributed by atoms with Gasteiger partial charge < -0.3 is 19.9 Å². The maximum atomic E-state index is 10.9. The van der Waals surface area contributed by atoms with E-state index in [2.05, 4.69) is 15.3 Å². The summed E-state index contributed by atoms with van der Waals surface area (Å²) in [5.41, 5.74) is 0. The van der Waals surface area contributed by atoms with Gasteiger partial charge in [0.1, 0.15) is 0 Å². The number of carboxylic acids is 1. The average Bonchev–Trinajstić information content (AvgIpc) is 2.87. The highest BCUT2D eigenvalue weighted by Crippen LogP contribution is 2.28. The number of nitrogens with one attached hydrogen (secondary N) is 1. The van der Waals surface area contributed by atoms with Crippen LogP contribution in [0.2, 0.25) is 0 Å². The van der Waals surface area contributed by atoms with Gasteiger partial charge in [0.2, 0.25) is 17.7 Å². The second-order valence-corrected chi connectivity index (χ2v) is 4.47. The SMILES string of the molecule is COc1cc(OC)nc(N[C@H]2CC[C@@H](C(=O)O)C2)n1. The number of methoxy groups -OCH3 is 2. The summed E-state index contributed by atoms with van der Waals surface area (Å²) in [6, 6.07) is 1.65. The summed E-state index contributed by atoms with van der Waals surface area (Å²) in [4.78, 5) is 19.2. The van der Waals surface area contributed by atoms with Gasteiger partial charge in [0.25, 0.3) is 0 Å². The summed E-state index contributed by atoms with van der Waals surface area (Å²) in [6.45, 7) is 0. The molecule has 0 unspecified atom stereocenters. The minimum absolute atomic E-state index is 0.0675. The van der Waals surface area contributed by atoms with E-state index in [1.165, 1.54) is 14.2 Å². The van der Waals surface area contributed by atoms with Crippen LogP contribution in [0.3, 0.4) is 0 Å². The van der Waals surface area contributed by atoms with Crippen LogP contribution in [0.1, 0.15) is 19.3 Å². The molecule has 1 aromatic heterocycles. The van der Waals surface area contributed by atoms with Crippen molar-refractivity contribution >= 4 is 11.9 Å². The van der Waals surface area contributed by atoms with Crippen molar-refractivity contribution in [1.82, 2.24) is 9.97 Å². The van der Waals surface area contributed by atoms with Gasteiger partial charge in [0.15, 0.2) is 0 Å². The topological polar surface area (TPSA) is 93.6 Å². The molecule has 2 atom stereocenters. The Morgan fingerprint density at radius 1 is 1.32 bits per heavy atom. The average molecular weight is 267 g/mol. The summed E-state index contributed by atoms with van der Waals surface area (Å²) in [5, 5.41) is 12.1. The lowest BCUT2D eigenvalue weighted by atomic mass is 10.1. The first-order chi connectivity index (χ1) is 9.12. The third-order valence-electron chi connectivity index (χ3n) is 3.21. The van der Waals surface area contributed by atoms with Crippen molar-refractivity contribution in [2.45, 2.75) is 25.3 Å². The molecule has 0 spiro atoms. The Hall–Kier alpha value is -2.05. The molecule has 19 heavy (non-hydrogen) atoms. The van der Waals surface area contributed by atoms with E-state index in [0.717, 1.165) is 6.42 Å². The van der Waals surface area contributed by atoms with Crippen LogP contribution in [0, 0.1) is 5.92 Å². The van der Waals surface area contributed by atoms with Crippen LogP contribution in [-0.2, 0) is 4.79 Å². The number of ether oxygens (including phenoxy) is 2. The van der Waals surface area contributed by atoms with Crippen LogP contribution in [0.25, 0.3) is 0 Å². The Morgan fingerprint density at radius 2 is 1.95 bits per heavy atom. The first-order valence-corrected chi connectivity index (χ1v) is 6.08. The van der Waals surface area contributed by atoms with Crippen LogP contribution in [-0.4, -0.2) is 41.3 Å². The van der Waals surface area contributed by atoms with E-state index in [-0.39, 0.29) is 12.0 Å². The molecule has 1 aliphatic carbocycles. The van der Waals surface area contributed by atoms with Gasteiger partial charge in [0, 0.05) is 6.04 Å². The smallest absolute Gasteiger partial charge is 0.306 e. The summed E-state index contributed by atoms with van der Waals surface area (Å²) in [7, 11) is 3.03. The predicted molar refractivity (Wildman–Crippen MR) is 67.5 cm³/mol. The molecule has 1 aromatic rings. The van der Waals surface area contributed by atoms with Crippen LogP contribution in [0.15, 0.2) is 6.07 Å². The van der Waals surface area contributed by atoms with Crippen molar-refractivity contribution in [2.75, 3.05) is 19.5 Å². The molecule has 0 bridgehead atoms. The van der Waals surface area contributed by atoms with E-state index in [1.54, 1.807) is 6.07 Å². The summed E-state index contributed by atoms with van der Waals surface area (Å²) >= 11 is 0. The summed E-state index contributed by atoms with van der Waals surface area (Å²) in [6.07, 6.45) is 2.05. The third kappa shape index (κ3) is 3.24. The molecule has 0 aromatic carbocycles. The van der Waals surface area contributed by atoms with Crippen molar-refractivity contribution in [2.24, 2.45) is 5.92 Å². The Bertz CT molecular complexity index is 444. The van der Waals surface area contributed by atoms with E-state index in [4.69, 9.17) is 14.6 Å². The van der Waals surface area contributed by atoms with Crippen LogP contribution < -0.4 is 14.8 Å². The maximum absolute atomic E-state index is 10.9. The molecule has 0 saturated heterocycles. The second-order valence-electron chi connectivity index (χ2n) is 4.47. The van der Waals surface area contributed by atoms with E-state index in [1.807, 2.05) is 0 Å². The first-order valence-electron chi connectivity index (χ1n) is 6.08. The number of hydrogen-bond acceptors (Lipinski definition) is 6. The van der Waals surface area contributed by atoms with Gasteiger partial charge in [-0.3, -0.25) is 4.79 Å². The zero-order valence-electron chi connectivity index (χ0n) is 10.9. The molecular weight excluding hydrogens is 250 g/mol. The quantitative estimate of drug-likeness (QED) is 0.826. The van der Waals surface area contributed by atoms with E-state index in [9.17, 15) is 4.79 Å². The van der Waals surface area contributed by atoms with Gasteiger partial charge >= 0.3 is 5.97 Å². The lowest BCUT2D eigenvalue weighted by molar-refractivity contribution is -0.141. The number of carbonyl (C=O) groups is 1. The van der Waals surface area contributed by atoms with Crippen LogP contribution in [0.5, 0.6) is 11.8 Å². The molecule has 2 N–H and O–H groups in total. The third-order valence-corrected chi connectivity index (χ3v) is 3.21. The van der Waals surface area contributed by atoms with E-state index >= 15 is 0 Å². The molecule has 1 fully saturated rings. The molecule has 0 radical (unpaired) electrons. The minimum atomic E-state index is -0.742. The largest absolute Gasteiger partial charge is 0.481 e. The zero-order valence-corrected chi connectivity index (χ0v) is 10.9. The molecule has 0 aliphatic heterocycles. The van der Waals surface area contributed by atoms with Crippen LogP contribution in [0.4, 0.5) is 5.95 Å². The fraction of sp³-hybridized carbons (Fsp3) is 0.583. The monoisotopic (exact) mass is 267 g/mol. The van der Waals surface area contributed by atoms with E-state index < -0.39 is 5.97 Å². The standard InChI is InChI=1S/C12H17N3O4/c1-18-9-6-10(19-2)15-12(14-9)13-8-4-3-7(5-8)11(16)17/h6-8H,3-5H2,1-2H3,(H,16,17)(H,13,14,15)/t7-,8+/m1/s1. The number of rotatable bonds is 5. The van der Waals surface area contributed by atoms with Crippen molar-refractivity contribution < 1.29 is 19.4 Å². The van der Waals surface area contributed by atoms with Gasteiger partial charge in [-0.2, -0.15) is 9.97 Å². The number of nitrogens with zero attached hydrogens (tertiary/aromatic N) is 2. The summed E-state index contributed by atoms with van der Waals surface area (Å²) in [5.74, 6) is 0.176. The highest BCUT2D eigenvalue weighted by molar-refractivity contribution is 5.70. The predicted octanol–water partition coefficient (Wildman–Crippen LogP) is 1.16. The number of aliphatic carboxylic acids is 1. The Labute approximate surface area is 111 Å². The fourth-order valence-corrected chi connectivity index (χ4v) is 2.20. The molecule has 1 heterocycles. The van der Waals surface area contributed by atoms with Gasteiger partial charge in [-0.25, -0.2) is 0 Å². The molecule has 7 heteroatoms. The van der Waals surface area contributed by atoms with Crippen molar-refractivity contribution in [3.05, 3.63) is 6.07 Å². The van der Waals surface area contributed by atoms with Crippen molar-refractivity contribution in [1.29, 1.82) is 0 Å². The zero-order chi connectivity index (χ0) is 13.8. The molecular formula is C12H17N3O4. The molecule has 7 nitrogen and oxygen atoms in total. The van der Waals surface area contributed by atoms with E-state index in [0.29, 0.717) is 30.5 Å². The Balaban J connectivity index is 2.05. The normalized spacial score (nSPS) is 22.0. The number of carboxylic acid groups (broad SMARTS) is 1. The molecule has 104 valence electrons. The minimum Gasteiger partial charge on any atom is -0.481 e. The second kappa shape index (κ2) is 5.73. The highest BCUT2D eigenvalue weighted by atomic mass is 16.5. The summed E-state index contributed by atoms with van der Waals surface area (Å²) < 4.78 is 10.1. The lowest BCUT2D eigenvalue weighted by Crippen LogP contribution is -2.19. The molecule has 0 amide bonds. The molecule has 1 aliphatic rings. The Morgan fingerprint density at radius 3 is 2.42 bits per heavy atom. The highest BCUT2D eigenvalue weighted by Gasteiger charge is 2.30. The van der Waals surface area contributed by atoms with Crippen molar-refractivity contribution in [3.8, 4) is 11.8 Å². The number of hydrogen-bond donors (Lipinski definition) is 2. The van der Waals surface area contributed by atoms with Crippen molar-refractivity contribution in [3.63, 3.8) is 0 Å². The maximum Gasteiger partial charge on any atom is 0.306 e. The first kappa shape index (κ1) is 13.4.